The molecule has 6 heteroatoms. The van der Waals surface area contributed by atoms with Crippen molar-refractivity contribution in [2.24, 2.45) is 5.41 Å². The number of halogens is 1. The van der Waals surface area contributed by atoms with E-state index in [-0.39, 0.29) is 17.8 Å². The summed E-state index contributed by atoms with van der Waals surface area (Å²) in [6.07, 6.45) is 3.11. The highest BCUT2D eigenvalue weighted by Crippen LogP contribution is 2.37. The lowest BCUT2D eigenvalue weighted by Crippen LogP contribution is -2.46. The highest BCUT2D eigenvalue weighted by molar-refractivity contribution is 5.85. The number of nitrogens with zero attached hydrogens (tertiary/aromatic N) is 2. The van der Waals surface area contributed by atoms with Crippen LogP contribution in [0.15, 0.2) is 24.3 Å². The van der Waals surface area contributed by atoms with Crippen molar-refractivity contribution in [3.05, 3.63) is 35.6 Å². The molecule has 1 atom stereocenters. The van der Waals surface area contributed by atoms with Gasteiger partial charge in [-0.2, -0.15) is 5.26 Å². The van der Waals surface area contributed by atoms with Gasteiger partial charge in [0.25, 0.3) is 0 Å². The van der Waals surface area contributed by atoms with E-state index in [0.717, 1.165) is 31.5 Å². The highest BCUT2D eigenvalue weighted by Gasteiger charge is 2.41. The van der Waals surface area contributed by atoms with Gasteiger partial charge in [0.15, 0.2) is 0 Å². The minimum Gasteiger partial charge on any atom is -0.379 e. The minimum atomic E-state index is -0.877. The molecule has 1 saturated heterocycles. The summed E-state index contributed by atoms with van der Waals surface area (Å²) < 4.78 is 18.7. The molecule has 1 amide bonds. The smallest absolute Gasteiger partial charge is 0.240 e. The Balaban J connectivity index is 1.72. The Morgan fingerprint density at radius 3 is 2.52 bits per heavy atom. The van der Waals surface area contributed by atoms with Crippen LogP contribution in [0, 0.1) is 22.6 Å². The Labute approximate surface area is 147 Å². The molecule has 1 saturated carbocycles. The maximum absolute atomic E-state index is 13.3. The molecule has 1 aromatic carbocycles. The van der Waals surface area contributed by atoms with Crippen molar-refractivity contribution >= 4 is 5.91 Å². The lowest BCUT2D eigenvalue weighted by atomic mass is 9.87. The Morgan fingerprint density at radius 1 is 1.28 bits per heavy atom. The Kier molecular flexibility index (Phi) is 5.67. The zero-order chi connectivity index (χ0) is 17.7. The molecule has 2 aliphatic rings. The third-order valence-electron chi connectivity index (χ3n) is 5.30. The molecule has 1 heterocycles. The molecule has 134 valence electrons. The highest BCUT2D eigenvalue weighted by atomic mass is 19.1. The summed E-state index contributed by atoms with van der Waals surface area (Å²) in [4.78, 5) is 14.9. The van der Waals surface area contributed by atoms with E-state index in [2.05, 4.69) is 16.3 Å². The van der Waals surface area contributed by atoms with Crippen molar-refractivity contribution in [3.8, 4) is 6.07 Å². The quantitative estimate of drug-likeness (QED) is 0.890. The van der Waals surface area contributed by atoms with Gasteiger partial charge in [0.1, 0.15) is 11.2 Å². The molecule has 3 rings (SSSR count). The van der Waals surface area contributed by atoms with Crippen LogP contribution in [0.2, 0.25) is 0 Å². The summed E-state index contributed by atoms with van der Waals surface area (Å²) in [6.45, 7) is 3.23. The van der Waals surface area contributed by atoms with Gasteiger partial charge in [0, 0.05) is 19.6 Å². The van der Waals surface area contributed by atoms with Gasteiger partial charge in [0.2, 0.25) is 5.91 Å². The second-order valence-electron chi connectivity index (χ2n) is 6.83. The molecule has 0 spiro atoms. The normalized spacial score (nSPS) is 21.4. The van der Waals surface area contributed by atoms with Gasteiger partial charge in [0.05, 0.1) is 25.3 Å². The topological polar surface area (TPSA) is 65.4 Å². The fraction of sp³-hybridized carbons (Fsp3) is 0.579. The van der Waals surface area contributed by atoms with Crippen LogP contribution in [0.1, 0.15) is 37.3 Å². The summed E-state index contributed by atoms with van der Waals surface area (Å²) in [5, 5.41) is 12.5. The molecule has 0 aromatic heterocycles. The predicted octanol–water partition coefficient (Wildman–Crippen LogP) is 2.40. The average molecular weight is 345 g/mol. The lowest BCUT2D eigenvalue weighted by molar-refractivity contribution is -0.128. The van der Waals surface area contributed by atoms with E-state index in [0.29, 0.717) is 32.6 Å². The number of hydrogen-bond donors (Lipinski definition) is 1. The molecule has 5 nitrogen and oxygen atoms in total. The molecular formula is C19H24FN3O2. The van der Waals surface area contributed by atoms with Crippen molar-refractivity contribution in [1.82, 2.24) is 10.2 Å². The van der Waals surface area contributed by atoms with E-state index < -0.39 is 5.41 Å². The van der Waals surface area contributed by atoms with Crippen LogP contribution < -0.4 is 5.32 Å². The maximum Gasteiger partial charge on any atom is 0.240 e. The third kappa shape index (κ3) is 4.00. The van der Waals surface area contributed by atoms with Crippen molar-refractivity contribution in [3.63, 3.8) is 0 Å². The Bertz CT molecular complexity index is 629. The number of benzene rings is 1. The van der Waals surface area contributed by atoms with Gasteiger partial charge in [-0.1, -0.05) is 25.0 Å². The first-order valence-electron chi connectivity index (χ1n) is 8.91. The van der Waals surface area contributed by atoms with E-state index >= 15 is 0 Å². The van der Waals surface area contributed by atoms with Gasteiger partial charge < -0.3 is 10.1 Å². The number of hydrogen-bond acceptors (Lipinski definition) is 4. The van der Waals surface area contributed by atoms with Gasteiger partial charge in [-0.3, -0.25) is 9.69 Å². The van der Waals surface area contributed by atoms with E-state index in [4.69, 9.17) is 4.74 Å². The van der Waals surface area contributed by atoms with Gasteiger partial charge in [-0.25, -0.2) is 4.39 Å². The van der Waals surface area contributed by atoms with Crippen LogP contribution in [-0.4, -0.2) is 43.7 Å². The Hall–Kier alpha value is -1.97. The molecule has 0 radical (unpaired) electrons. The van der Waals surface area contributed by atoms with Crippen LogP contribution in [-0.2, 0) is 9.53 Å². The van der Waals surface area contributed by atoms with E-state index in [9.17, 15) is 14.4 Å². The number of amides is 1. The Morgan fingerprint density at radius 2 is 1.92 bits per heavy atom. The first-order valence-corrected chi connectivity index (χ1v) is 8.91. The summed E-state index contributed by atoms with van der Waals surface area (Å²) in [5.41, 5.74) is 0.0827. The van der Waals surface area contributed by atoms with Crippen molar-refractivity contribution in [2.75, 3.05) is 32.8 Å². The SMILES string of the molecule is N#CC1(C(=O)NCC(c2ccc(F)cc2)N2CCOCC2)CCCC1. The number of carbonyl (C=O) groups is 1. The number of nitrogens with one attached hydrogen (secondary N) is 1. The zero-order valence-electron chi connectivity index (χ0n) is 14.3. The molecule has 1 N–H and O–H groups in total. The number of carbonyl (C=O) groups excluding carboxylic acids is 1. The lowest BCUT2D eigenvalue weighted by Gasteiger charge is -2.35. The number of nitriles is 1. The third-order valence-corrected chi connectivity index (χ3v) is 5.30. The van der Waals surface area contributed by atoms with Crippen LogP contribution in [0.3, 0.4) is 0 Å². The molecule has 1 aromatic rings. The zero-order valence-corrected chi connectivity index (χ0v) is 14.3. The van der Waals surface area contributed by atoms with Crippen LogP contribution >= 0.6 is 0 Å². The number of rotatable bonds is 5. The number of morpholine rings is 1. The largest absolute Gasteiger partial charge is 0.379 e. The molecule has 1 aliphatic heterocycles. The second kappa shape index (κ2) is 7.94. The maximum atomic E-state index is 13.3. The summed E-state index contributed by atoms with van der Waals surface area (Å²) in [6, 6.07) is 8.59. The van der Waals surface area contributed by atoms with E-state index in [1.807, 2.05) is 0 Å². The fourth-order valence-electron chi connectivity index (χ4n) is 3.76. The monoisotopic (exact) mass is 345 g/mol. The average Bonchev–Trinajstić information content (AvgIpc) is 3.14. The van der Waals surface area contributed by atoms with E-state index in [1.165, 1.54) is 12.1 Å². The first-order chi connectivity index (χ1) is 12.1. The predicted molar refractivity (Wildman–Crippen MR) is 91.1 cm³/mol. The summed E-state index contributed by atoms with van der Waals surface area (Å²) in [7, 11) is 0. The molecule has 0 bridgehead atoms. The summed E-state index contributed by atoms with van der Waals surface area (Å²) in [5.74, 6) is -0.448. The first kappa shape index (κ1) is 17.8. The van der Waals surface area contributed by atoms with Gasteiger partial charge in [-0.05, 0) is 30.5 Å². The number of ether oxygens (including phenoxy) is 1. The van der Waals surface area contributed by atoms with Crippen molar-refractivity contribution in [2.45, 2.75) is 31.7 Å². The van der Waals surface area contributed by atoms with Crippen LogP contribution in [0.4, 0.5) is 4.39 Å². The molecule has 25 heavy (non-hydrogen) atoms. The summed E-state index contributed by atoms with van der Waals surface area (Å²) >= 11 is 0. The van der Waals surface area contributed by atoms with Crippen molar-refractivity contribution in [1.29, 1.82) is 5.26 Å². The molecule has 2 fully saturated rings. The van der Waals surface area contributed by atoms with Crippen molar-refractivity contribution < 1.29 is 13.9 Å². The van der Waals surface area contributed by atoms with Crippen LogP contribution in [0.5, 0.6) is 0 Å². The molecule has 1 aliphatic carbocycles. The van der Waals surface area contributed by atoms with Gasteiger partial charge >= 0.3 is 0 Å². The molecule has 1 unspecified atom stereocenters. The fourth-order valence-corrected chi connectivity index (χ4v) is 3.76. The van der Waals surface area contributed by atoms with Crippen LogP contribution in [0.25, 0.3) is 0 Å². The van der Waals surface area contributed by atoms with Gasteiger partial charge in [-0.15, -0.1) is 0 Å². The minimum absolute atomic E-state index is 0.0504. The molecular weight excluding hydrogens is 321 g/mol. The standard InChI is InChI=1S/C19H24FN3O2/c20-16-5-3-15(4-6-16)17(23-9-11-25-12-10-23)13-22-18(24)19(14-21)7-1-2-8-19/h3-6,17H,1-2,7-13H2,(H,22,24). The second-order valence-corrected chi connectivity index (χ2v) is 6.83. The van der Waals surface area contributed by atoms with E-state index in [1.54, 1.807) is 12.1 Å².